The molecule has 264 valence electrons. The quantitative estimate of drug-likeness (QED) is 0.197. The van der Waals surface area contributed by atoms with Crippen molar-refractivity contribution in [3.63, 3.8) is 0 Å². The molecule has 4 nitrogen and oxygen atoms in total. The van der Waals surface area contributed by atoms with Gasteiger partial charge in [0.15, 0.2) is 0 Å². The lowest BCUT2D eigenvalue weighted by Gasteiger charge is -2.34. The molecule has 6 heterocycles. The first kappa shape index (κ1) is 32.3. The molecule has 0 radical (unpaired) electrons. The number of aliphatic imine (C=N–C) groups is 1. The van der Waals surface area contributed by atoms with Crippen LogP contribution in [-0.2, 0) is 5.79 Å². The molecule has 5 aliphatic heterocycles. The fourth-order valence-corrected chi connectivity index (χ4v) is 8.75. The molecule has 8 aromatic carbocycles. The Bertz CT molecular complexity index is 2890. The van der Waals surface area contributed by atoms with Crippen molar-refractivity contribution in [1.29, 1.82) is 0 Å². The number of nitrogens with one attached hydrogen (secondary N) is 1. The summed E-state index contributed by atoms with van der Waals surface area (Å²) in [5.41, 5.74) is 13.9. The standard InChI is InChI=1S/C52H36N4/c1-5-15-38(16-6-1)47-48(39-17-7-2-8-18-39)55-52(54-47)43-33-31-36(32-34-43)45-26-14-24-37-23-13-25-44(46(37)45)35-27-29-42(30-28-35)51-53-49(40-19-9-3-10-20-40)50(56(51)52)41-21-11-4-12-22-41/h1-34,47,54H. The summed E-state index contributed by atoms with van der Waals surface area (Å²) in [6, 6.07) is 73.5. The minimum atomic E-state index is -1.11. The summed E-state index contributed by atoms with van der Waals surface area (Å²) >= 11 is 0. The van der Waals surface area contributed by atoms with Crippen LogP contribution in [-0.4, -0.2) is 15.3 Å². The summed E-state index contributed by atoms with van der Waals surface area (Å²) in [4.78, 5) is 11.6. The van der Waals surface area contributed by atoms with Gasteiger partial charge in [0.05, 0.1) is 23.1 Å². The van der Waals surface area contributed by atoms with Crippen LogP contribution in [0.3, 0.4) is 0 Å². The van der Waals surface area contributed by atoms with E-state index in [1.54, 1.807) is 0 Å². The highest BCUT2D eigenvalue weighted by Crippen LogP contribution is 2.47. The first-order valence-corrected chi connectivity index (χ1v) is 19.2. The predicted octanol–water partition coefficient (Wildman–Crippen LogP) is 12.2. The Morgan fingerprint density at radius 3 is 1.57 bits per heavy atom. The molecule has 0 amide bonds. The van der Waals surface area contributed by atoms with Gasteiger partial charge in [0.2, 0.25) is 5.79 Å². The van der Waals surface area contributed by atoms with Crippen LogP contribution in [0.15, 0.2) is 211 Å². The molecule has 2 atom stereocenters. The molecule has 1 aromatic heterocycles. The SMILES string of the molecule is c1ccc(C2=NC3(NC2c2ccccc2)c2ccc(cc2)-c2cccc4cccc(c24)-c2ccc(cc2)-c2nc(-c4ccccc4)c(-c4ccccc4)n23)cc1. The van der Waals surface area contributed by atoms with Gasteiger partial charge in [-0.2, -0.15) is 0 Å². The molecule has 14 rings (SSSR count). The number of imidazole rings is 1. The fraction of sp³-hybridized carbons (Fsp3) is 0.0385. The van der Waals surface area contributed by atoms with E-state index in [1.807, 2.05) is 0 Å². The highest BCUT2D eigenvalue weighted by atomic mass is 15.4. The van der Waals surface area contributed by atoms with E-state index in [4.69, 9.17) is 9.98 Å². The van der Waals surface area contributed by atoms with Crippen molar-refractivity contribution in [3.8, 4) is 56.2 Å². The van der Waals surface area contributed by atoms with E-state index in [0.717, 1.165) is 67.4 Å². The first-order chi connectivity index (χ1) is 27.7. The molecule has 1 N–H and O–H groups in total. The molecule has 0 saturated carbocycles. The molecule has 0 aliphatic carbocycles. The Kier molecular flexibility index (Phi) is 7.51. The Balaban J connectivity index is 1.30. The topological polar surface area (TPSA) is 42.2 Å². The lowest BCUT2D eigenvalue weighted by Crippen LogP contribution is -2.45. The van der Waals surface area contributed by atoms with Crippen molar-refractivity contribution in [2.45, 2.75) is 11.8 Å². The van der Waals surface area contributed by atoms with Crippen LogP contribution in [0, 0.1) is 0 Å². The average molecular weight is 717 g/mol. The van der Waals surface area contributed by atoms with E-state index >= 15 is 0 Å². The summed E-state index contributed by atoms with van der Waals surface area (Å²) in [6.07, 6.45) is 0. The molecule has 56 heavy (non-hydrogen) atoms. The minimum absolute atomic E-state index is 0.223. The van der Waals surface area contributed by atoms with Crippen LogP contribution in [0.2, 0.25) is 0 Å². The first-order valence-electron chi connectivity index (χ1n) is 19.2. The van der Waals surface area contributed by atoms with Gasteiger partial charge in [-0.1, -0.05) is 206 Å². The van der Waals surface area contributed by atoms with E-state index in [0.29, 0.717) is 0 Å². The van der Waals surface area contributed by atoms with Crippen molar-refractivity contribution in [3.05, 3.63) is 223 Å². The molecule has 0 fully saturated rings. The van der Waals surface area contributed by atoms with Crippen molar-refractivity contribution >= 4 is 16.5 Å². The number of rotatable bonds is 4. The van der Waals surface area contributed by atoms with Crippen molar-refractivity contribution in [2.75, 3.05) is 0 Å². The third kappa shape index (κ3) is 5.11. The van der Waals surface area contributed by atoms with Crippen molar-refractivity contribution < 1.29 is 0 Å². The second-order valence-electron chi connectivity index (χ2n) is 14.6. The van der Waals surface area contributed by atoms with E-state index < -0.39 is 5.79 Å². The monoisotopic (exact) mass is 716 g/mol. The largest absolute Gasteiger partial charge is 0.281 e. The van der Waals surface area contributed by atoms with Gasteiger partial charge in [-0.3, -0.25) is 9.88 Å². The van der Waals surface area contributed by atoms with Crippen molar-refractivity contribution in [2.24, 2.45) is 4.99 Å². The minimum Gasteiger partial charge on any atom is -0.281 e. The van der Waals surface area contributed by atoms with Crippen LogP contribution in [0.4, 0.5) is 0 Å². The predicted molar refractivity (Wildman–Crippen MR) is 229 cm³/mol. The Morgan fingerprint density at radius 1 is 0.446 bits per heavy atom. The maximum atomic E-state index is 5.96. The number of hydrogen-bond donors (Lipinski definition) is 1. The molecular weight excluding hydrogens is 681 g/mol. The Morgan fingerprint density at radius 2 is 0.964 bits per heavy atom. The van der Waals surface area contributed by atoms with Gasteiger partial charge in [-0.15, -0.1) is 0 Å². The van der Waals surface area contributed by atoms with Gasteiger partial charge in [0.25, 0.3) is 0 Å². The van der Waals surface area contributed by atoms with Gasteiger partial charge >= 0.3 is 0 Å². The zero-order chi connectivity index (χ0) is 37.1. The van der Waals surface area contributed by atoms with E-state index in [1.165, 1.54) is 21.9 Å². The fourth-order valence-electron chi connectivity index (χ4n) is 8.75. The zero-order valence-electron chi connectivity index (χ0n) is 30.5. The van der Waals surface area contributed by atoms with Gasteiger partial charge < -0.3 is 0 Å². The summed E-state index contributed by atoms with van der Waals surface area (Å²) in [6.45, 7) is 0. The molecule has 5 aliphatic rings. The average Bonchev–Trinajstić information content (AvgIpc) is 3.89. The van der Waals surface area contributed by atoms with E-state index in [2.05, 4.69) is 216 Å². The van der Waals surface area contributed by atoms with Gasteiger partial charge in [0, 0.05) is 22.3 Å². The molecular formula is C52H36N4. The van der Waals surface area contributed by atoms with Crippen LogP contribution >= 0.6 is 0 Å². The van der Waals surface area contributed by atoms with E-state index in [9.17, 15) is 0 Å². The third-order valence-electron chi connectivity index (χ3n) is 11.4. The lowest BCUT2D eigenvalue weighted by atomic mass is 9.90. The maximum Gasteiger partial charge on any atom is 0.220 e. The number of benzene rings is 8. The number of aromatic nitrogens is 2. The molecule has 4 heteroatoms. The molecule has 9 aromatic rings. The van der Waals surface area contributed by atoms with E-state index in [-0.39, 0.29) is 6.04 Å². The normalized spacial score (nSPS) is 16.9. The van der Waals surface area contributed by atoms with Gasteiger partial charge in [-0.25, -0.2) is 9.98 Å². The van der Waals surface area contributed by atoms with Crippen LogP contribution in [0.1, 0.15) is 22.7 Å². The number of nitrogens with zero attached hydrogens (tertiary/aromatic N) is 3. The van der Waals surface area contributed by atoms with Crippen LogP contribution in [0.25, 0.3) is 66.9 Å². The van der Waals surface area contributed by atoms with Crippen LogP contribution in [0.5, 0.6) is 0 Å². The molecule has 1 spiro atoms. The second-order valence-corrected chi connectivity index (χ2v) is 14.6. The van der Waals surface area contributed by atoms with Gasteiger partial charge in [-0.05, 0) is 44.2 Å². The highest BCUT2D eigenvalue weighted by Gasteiger charge is 2.47. The summed E-state index contributed by atoms with van der Waals surface area (Å²) in [7, 11) is 0. The van der Waals surface area contributed by atoms with Crippen molar-refractivity contribution in [1.82, 2.24) is 14.9 Å². The second kappa shape index (κ2) is 13.0. The van der Waals surface area contributed by atoms with Crippen LogP contribution < -0.4 is 5.32 Å². The molecule has 2 unspecified atom stereocenters. The summed E-state index contributed by atoms with van der Waals surface area (Å²) < 4.78 is 2.38. The smallest absolute Gasteiger partial charge is 0.220 e. The maximum absolute atomic E-state index is 5.96. The molecule has 0 saturated heterocycles. The summed E-state index contributed by atoms with van der Waals surface area (Å²) in [5.74, 6) is -0.288. The lowest BCUT2D eigenvalue weighted by molar-refractivity contribution is 0.308. The third-order valence-corrected chi connectivity index (χ3v) is 11.4. The highest BCUT2D eigenvalue weighted by molar-refractivity contribution is 6.08. The Labute approximate surface area is 326 Å². The molecule has 4 bridgehead atoms. The van der Waals surface area contributed by atoms with Gasteiger partial charge in [0.1, 0.15) is 5.82 Å². The Hall–Kier alpha value is -7.14. The number of hydrogen-bond acceptors (Lipinski definition) is 3. The summed E-state index contributed by atoms with van der Waals surface area (Å²) in [5, 5.41) is 6.66. The zero-order valence-corrected chi connectivity index (χ0v) is 30.5.